The Labute approximate surface area is 203 Å². The molecule has 0 spiro atoms. The maximum atomic E-state index is 12.8. The molecule has 184 valence electrons. The Morgan fingerprint density at radius 1 is 1.03 bits per heavy atom. The maximum absolute atomic E-state index is 12.8. The van der Waals surface area contributed by atoms with Crippen molar-refractivity contribution < 1.29 is 18.8 Å². The van der Waals surface area contributed by atoms with Crippen molar-refractivity contribution >= 4 is 11.7 Å². The summed E-state index contributed by atoms with van der Waals surface area (Å²) < 4.78 is 10.6. The highest BCUT2D eigenvalue weighted by atomic mass is 16.5. The Kier molecular flexibility index (Phi) is 6.91. The number of aromatic nitrogens is 3. The summed E-state index contributed by atoms with van der Waals surface area (Å²) in [6, 6.07) is 9.23. The van der Waals surface area contributed by atoms with Crippen LogP contribution in [0.15, 0.2) is 41.1 Å². The molecule has 1 aromatic carbocycles. The van der Waals surface area contributed by atoms with Crippen LogP contribution >= 0.6 is 0 Å². The minimum Gasteiger partial charge on any atom is -0.497 e. The highest BCUT2D eigenvalue weighted by Crippen LogP contribution is 2.20. The van der Waals surface area contributed by atoms with Gasteiger partial charge in [-0.15, -0.1) is 0 Å². The smallest absolute Gasteiger partial charge is 0.270 e. The molecule has 0 saturated carbocycles. The van der Waals surface area contributed by atoms with E-state index in [0.717, 1.165) is 63.4 Å². The van der Waals surface area contributed by atoms with E-state index in [1.807, 2.05) is 29.2 Å². The van der Waals surface area contributed by atoms with Crippen molar-refractivity contribution in [3.05, 3.63) is 53.7 Å². The monoisotopic (exact) mass is 478 g/mol. The van der Waals surface area contributed by atoms with Gasteiger partial charge in [-0.2, -0.15) is 4.98 Å². The zero-order valence-corrected chi connectivity index (χ0v) is 19.9. The number of likely N-dealkylation sites (tertiary alicyclic amines) is 1. The summed E-state index contributed by atoms with van der Waals surface area (Å²) in [6.45, 7) is 5.65. The molecule has 3 aromatic rings. The molecule has 0 unspecified atom stereocenters. The van der Waals surface area contributed by atoms with Gasteiger partial charge in [-0.25, -0.2) is 0 Å². The highest BCUT2D eigenvalue weighted by Gasteiger charge is 2.24. The number of piperazine rings is 1. The number of hydrogen-bond acceptors (Lipinski definition) is 8. The summed E-state index contributed by atoms with van der Waals surface area (Å²) in [5.74, 6) is 1.91. The summed E-state index contributed by atoms with van der Waals surface area (Å²) in [4.78, 5) is 39.0. The third-order valence-corrected chi connectivity index (χ3v) is 6.64. The molecular weight excluding hydrogens is 448 g/mol. The number of Topliss-reactive ketones (excluding diaryl/α,β-unsaturated/α-hetero) is 1. The van der Waals surface area contributed by atoms with Gasteiger partial charge in [0.15, 0.2) is 5.78 Å². The molecule has 0 radical (unpaired) electrons. The minimum atomic E-state index is -0.0219. The lowest BCUT2D eigenvalue weighted by molar-refractivity contribution is 0.0787. The lowest BCUT2D eigenvalue weighted by atomic mass is 10.2. The Morgan fingerprint density at radius 2 is 1.74 bits per heavy atom. The first-order chi connectivity index (χ1) is 17.1. The fourth-order valence-corrected chi connectivity index (χ4v) is 4.54. The predicted molar refractivity (Wildman–Crippen MR) is 128 cm³/mol. The second kappa shape index (κ2) is 10.4. The molecule has 1 N–H and O–H groups in total. The van der Waals surface area contributed by atoms with Crippen LogP contribution in [-0.2, 0) is 6.54 Å². The largest absolute Gasteiger partial charge is 0.497 e. The van der Waals surface area contributed by atoms with Gasteiger partial charge in [-0.3, -0.25) is 19.4 Å². The Balaban J connectivity index is 1.09. The van der Waals surface area contributed by atoms with Gasteiger partial charge >= 0.3 is 0 Å². The predicted octanol–water partition coefficient (Wildman–Crippen LogP) is 2.31. The van der Waals surface area contributed by atoms with Crippen molar-refractivity contribution in [2.45, 2.75) is 19.4 Å². The van der Waals surface area contributed by atoms with Crippen LogP contribution in [0.1, 0.15) is 39.6 Å². The van der Waals surface area contributed by atoms with Gasteiger partial charge in [-0.05, 0) is 43.2 Å². The van der Waals surface area contributed by atoms with E-state index in [4.69, 9.17) is 9.26 Å². The van der Waals surface area contributed by atoms with Crippen LogP contribution in [0.3, 0.4) is 0 Å². The van der Waals surface area contributed by atoms with Crippen LogP contribution < -0.4 is 4.74 Å². The molecule has 0 bridgehead atoms. The third kappa shape index (κ3) is 5.44. The topological polar surface area (TPSA) is 108 Å². The summed E-state index contributed by atoms with van der Waals surface area (Å²) in [7, 11) is 1.63. The summed E-state index contributed by atoms with van der Waals surface area (Å²) in [5, 5.41) is 4.10. The molecular formula is C25H30N6O4. The molecule has 2 saturated heterocycles. The molecule has 4 heterocycles. The van der Waals surface area contributed by atoms with Crippen molar-refractivity contribution in [1.82, 2.24) is 29.8 Å². The van der Waals surface area contributed by atoms with Gasteiger partial charge in [0.25, 0.3) is 5.91 Å². The average Bonchev–Trinajstić information content (AvgIpc) is 3.67. The molecule has 1 amide bonds. The number of H-pyrrole nitrogens is 1. The van der Waals surface area contributed by atoms with Crippen molar-refractivity contribution in [1.29, 1.82) is 0 Å². The van der Waals surface area contributed by atoms with E-state index in [1.54, 1.807) is 19.4 Å². The molecule has 2 aliphatic heterocycles. The Bertz CT molecular complexity index is 1160. The zero-order chi connectivity index (χ0) is 24.2. The van der Waals surface area contributed by atoms with Crippen molar-refractivity contribution in [2.24, 2.45) is 0 Å². The van der Waals surface area contributed by atoms with E-state index in [-0.39, 0.29) is 11.7 Å². The van der Waals surface area contributed by atoms with Gasteiger partial charge in [0.2, 0.25) is 11.7 Å². The number of rotatable bonds is 8. The number of nitrogens with one attached hydrogen (secondary N) is 1. The number of ketones is 1. The van der Waals surface area contributed by atoms with Crippen LogP contribution in [0.4, 0.5) is 0 Å². The fraction of sp³-hybridized carbons (Fsp3) is 0.440. The van der Waals surface area contributed by atoms with E-state index in [2.05, 4.69) is 24.9 Å². The van der Waals surface area contributed by atoms with E-state index in [9.17, 15) is 9.59 Å². The lowest BCUT2D eigenvalue weighted by Gasteiger charge is -2.33. The van der Waals surface area contributed by atoms with Crippen molar-refractivity contribution in [2.75, 3.05) is 52.9 Å². The fourth-order valence-electron chi connectivity index (χ4n) is 4.54. The summed E-state index contributed by atoms with van der Waals surface area (Å²) in [6.07, 6.45) is 3.74. The summed E-state index contributed by atoms with van der Waals surface area (Å²) in [5.41, 5.74) is 1.93. The van der Waals surface area contributed by atoms with Crippen molar-refractivity contribution in [3.8, 4) is 17.1 Å². The first-order valence-electron chi connectivity index (χ1n) is 12.0. The summed E-state index contributed by atoms with van der Waals surface area (Å²) >= 11 is 0. The van der Waals surface area contributed by atoms with E-state index in [1.165, 1.54) is 0 Å². The quantitative estimate of drug-likeness (QED) is 0.492. The first-order valence-corrected chi connectivity index (χ1v) is 12.0. The van der Waals surface area contributed by atoms with E-state index in [0.29, 0.717) is 36.1 Å². The molecule has 0 atom stereocenters. The van der Waals surface area contributed by atoms with Crippen LogP contribution in [0.5, 0.6) is 5.75 Å². The van der Waals surface area contributed by atoms with Gasteiger partial charge in [0.1, 0.15) is 11.4 Å². The number of carbonyl (C=O) groups excluding carboxylic acids is 2. The maximum Gasteiger partial charge on any atom is 0.270 e. The number of nitrogens with zero attached hydrogens (tertiary/aromatic N) is 5. The molecule has 2 aromatic heterocycles. The highest BCUT2D eigenvalue weighted by molar-refractivity contribution is 6.01. The Hall–Kier alpha value is -3.50. The zero-order valence-electron chi connectivity index (χ0n) is 19.9. The second-order valence-electron chi connectivity index (χ2n) is 9.02. The minimum absolute atomic E-state index is 0.0219. The number of aromatic amines is 1. The van der Waals surface area contributed by atoms with Gasteiger partial charge < -0.3 is 19.1 Å². The van der Waals surface area contributed by atoms with Crippen LogP contribution in [0.25, 0.3) is 11.4 Å². The third-order valence-electron chi connectivity index (χ3n) is 6.64. The van der Waals surface area contributed by atoms with Gasteiger partial charge in [-0.1, -0.05) is 5.16 Å². The van der Waals surface area contributed by atoms with Gasteiger partial charge in [0.05, 0.1) is 20.2 Å². The number of methoxy groups -OCH3 is 1. The number of carbonyl (C=O) groups is 2. The molecule has 2 aliphatic rings. The number of ether oxygens (including phenoxy) is 1. The number of hydrogen-bond donors (Lipinski definition) is 1. The lowest BCUT2D eigenvalue weighted by Crippen LogP contribution is -2.47. The van der Waals surface area contributed by atoms with Crippen LogP contribution in [0.2, 0.25) is 0 Å². The SMILES string of the molecule is COc1ccc(-c2noc(CN3CCN(CC(=O)c4c[nH]c(C(=O)N5CCCC5)c4)CC3)n2)cc1. The Morgan fingerprint density at radius 3 is 2.46 bits per heavy atom. The molecule has 10 heteroatoms. The molecule has 2 fully saturated rings. The van der Waals surface area contributed by atoms with Crippen LogP contribution in [0, 0.1) is 0 Å². The van der Waals surface area contributed by atoms with Crippen LogP contribution in [-0.4, -0.2) is 94.4 Å². The average molecular weight is 479 g/mol. The van der Waals surface area contributed by atoms with Crippen molar-refractivity contribution in [3.63, 3.8) is 0 Å². The van der Waals surface area contributed by atoms with E-state index >= 15 is 0 Å². The normalized spacial score (nSPS) is 17.1. The first kappa shape index (κ1) is 23.3. The molecule has 0 aliphatic carbocycles. The standard InChI is InChI=1S/C25H30N6O4/c1-34-20-6-4-18(5-7-20)24-27-23(35-28-24)17-30-12-10-29(11-13-30)16-22(32)19-14-21(26-15-19)25(33)31-8-2-3-9-31/h4-7,14-15,26H,2-3,8-13,16-17H2,1H3. The molecule has 5 rings (SSSR count). The number of benzene rings is 1. The molecule has 35 heavy (non-hydrogen) atoms. The van der Waals surface area contributed by atoms with Gasteiger partial charge in [0, 0.05) is 56.6 Å². The van der Waals surface area contributed by atoms with E-state index < -0.39 is 0 Å². The second-order valence-corrected chi connectivity index (χ2v) is 9.02. The molecule has 10 nitrogen and oxygen atoms in total. The number of amides is 1.